The van der Waals surface area contributed by atoms with E-state index >= 15 is 0 Å². The van der Waals surface area contributed by atoms with Crippen molar-refractivity contribution in [3.05, 3.63) is 0 Å². The van der Waals surface area contributed by atoms with Gasteiger partial charge >= 0.3 is 12.0 Å². The first-order valence-electron chi connectivity index (χ1n) is 6.18. The molecule has 0 aromatic carbocycles. The molecule has 1 aliphatic rings. The number of likely N-dealkylation sites (tertiary alicyclic amines) is 1. The summed E-state index contributed by atoms with van der Waals surface area (Å²) in [4.78, 5) is 25.2. The van der Waals surface area contributed by atoms with E-state index in [1.807, 2.05) is 0 Å². The summed E-state index contributed by atoms with van der Waals surface area (Å²) in [5.41, 5.74) is 0. The Balaban J connectivity index is 1.75. The van der Waals surface area contributed by atoms with Crippen LogP contribution in [0.5, 0.6) is 0 Å². The van der Waals surface area contributed by atoms with E-state index in [0.29, 0.717) is 25.9 Å². The van der Waals surface area contributed by atoms with Gasteiger partial charge in [0.25, 0.3) is 5.95 Å². The highest BCUT2D eigenvalue weighted by molar-refractivity contribution is 5.87. The number of anilines is 1. The van der Waals surface area contributed by atoms with Crippen molar-refractivity contribution in [2.45, 2.75) is 18.9 Å². The van der Waals surface area contributed by atoms with Gasteiger partial charge in [0.1, 0.15) is 6.61 Å². The highest BCUT2D eigenvalue weighted by Crippen LogP contribution is 2.14. The molecule has 1 aromatic heterocycles. The molecule has 2 rings (SSSR count). The van der Waals surface area contributed by atoms with E-state index in [4.69, 9.17) is 9.84 Å². The van der Waals surface area contributed by atoms with Crippen LogP contribution in [0.4, 0.5) is 10.7 Å². The van der Waals surface area contributed by atoms with Gasteiger partial charge in [0.05, 0.1) is 13.2 Å². The van der Waals surface area contributed by atoms with Crippen LogP contribution in [0.3, 0.4) is 0 Å². The Morgan fingerprint density at radius 1 is 1.45 bits per heavy atom. The van der Waals surface area contributed by atoms with Crippen molar-refractivity contribution in [1.82, 2.24) is 25.1 Å². The molecule has 1 saturated heterocycles. The number of rotatable bonds is 4. The number of urea groups is 1. The topological polar surface area (TPSA) is 122 Å². The number of amides is 2. The maximum absolute atomic E-state index is 11.9. The van der Waals surface area contributed by atoms with E-state index in [1.54, 1.807) is 11.9 Å². The average molecular weight is 284 g/mol. The summed E-state index contributed by atoms with van der Waals surface area (Å²) in [6.07, 6.45) is 1.09. The van der Waals surface area contributed by atoms with Crippen molar-refractivity contribution in [3.8, 4) is 0 Å². The summed E-state index contributed by atoms with van der Waals surface area (Å²) in [6, 6.07) is -0.297. The van der Waals surface area contributed by atoms with Crippen LogP contribution in [0.15, 0.2) is 0 Å². The van der Waals surface area contributed by atoms with Gasteiger partial charge < -0.3 is 14.7 Å². The smallest absolute Gasteiger partial charge is 0.329 e. The molecule has 0 aliphatic carbocycles. The van der Waals surface area contributed by atoms with E-state index in [0.717, 1.165) is 0 Å². The molecule has 1 aliphatic heterocycles. The Bertz CT molecular complexity index is 482. The lowest BCUT2D eigenvalue weighted by Crippen LogP contribution is -2.43. The minimum Gasteiger partial charge on any atom is -0.480 e. The van der Waals surface area contributed by atoms with E-state index in [2.05, 4.69) is 20.7 Å². The van der Waals surface area contributed by atoms with Gasteiger partial charge in [0, 0.05) is 13.1 Å². The van der Waals surface area contributed by atoms with E-state index in [-0.39, 0.29) is 24.7 Å². The molecule has 10 heteroatoms. The molecule has 2 heterocycles. The molecule has 110 valence electrons. The largest absolute Gasteiger partial charge is 0.480 e. The second kappa shape index (κ2) is 6.28. The number of carboxylic acid groups (broad SMARTS) is 1. The molecule has 0 bridgehead atoms. The zero-order valence-corrected chi connectivity index (χ0v) is 11.0. The zero-order valence-electron chi connectivity index (χ0n) is 11.0. The molecule has 10 nitrogen and oxygen atoms in total. The zero-order chi connectivity index (χ0) is 14.5. The molecule has 1 fully saturated rings. The molecule has 0 unspecified atom stereocenters. The number of aromatic nitrogens is 4. The average Bonchev–Trinajstić information content (AvgIpc) is 2.82. The van der Waals surface area contributed by atoms with Gasteiger partial charge in [0.15, 0.2) is 0 Å². The Morgan fingerprint density at radius 2 is 2.15 bits per heavy atom. The van der Waals surface area contributed by atoms with Gasteiger partial charge in [0.2, 0.25) is 0 Å². The summed E-state index contributed by atoms with van der Waals surface area (Å²) < 4.78 is 5.20. The number of aryl methyl sites for hydroxylation is 1. The highest BCUT2D eigenvalue weighted by atomic mass is 16.5. The van der Waals surface area contributed by atoms with Crippen molar-refractivity contribution in [2.75, 3.05) is 25.0 Å². The Kier molecular flexibility index (Phi) is 4.45. The van der Waals surface area contributed by atoms with Crippen LogP contribution in [0.1, 0.15) is 12.8 Å². The van der Waals surface area contributed by atoms with Crippen molar-refractivity contribution in [3.63, 3.8) is 0 Å². The lowest BCUT2D eigenvalue weighted by molar-refractivity contribution is -0.145. The van der Waals surface area contributed by atoms with Crippen LogP contribution in [0.2, 0.25) is 0 Å². The van der Waals surface area contributed by atoms with Crippen molar-refractivity contribution in [1.29, 1.82) is 0 Å². The van der Waals surface area contributed by atoms with Crippen LogP contribution >= 0.6 is 0 Å². The van der Waals surface area contributed by atoms with Gasteiger partial charge in [-0.1, -0.05) is 5.10 Å². The number of ether oxygens (including phenoxy) is 1. The molecular formula is C10H16N6O4. The third-order valence-electron chi connectivity index (χ3n) is 2.90. The molecule has 2 amide bonds. The van der Waals surface area contributed by atoms with Crippen LogP contribution < -0.4 is 5.32 Å². The quantitative estimate of drug-likeness (QED) is 0.750. The van der Waals surface area contributed by atoms with Gasteiger partial charge in [-0.15, -0.1) is 5.10 Å². The Labute approximate surface area is 114 Å². The highest BCUT2D eigenvalue weighted by Gasteiger charge is 2.24. The van der Waals surface area contributed by atoms with Gasteiger partial charge in [-0.2, -0.15) is 4.80 Å². The van der Waals surface area contributed by atoms with Gasteiger partial charge in [-0.05, 0) is 18.1 Å². The molecule has 20 heavy (non-hydrogen) atoms. The number of carbonyl (C=O) groups is 2. The van der Waals surface area contributed by atoms with Gasteiger partial charge in [-0.25, -0.2) is 9.59 Å². The third-order valence-corrected chi connectivity index (χ3v) is 2.90. The summed E-state index contributed by atoms with van der Waals surface area (Å²) in [6.45, 7) is 0.688. The lowest BCUT2D eigenvalue weighted by Gasteiger charge is -2.31. The van der Waals surface area contributed by atoms with Crippen molar-refractivity contribution < 1.29 is 19.4 Å². The molecule has 2 N–H and O–H groups in total. The molecular weight excluding hydrogens is 268 g/mol. The number of hydrogen-bond donors (Lipinski definition) is 2. The summed E-state index contributed by atoms with van der Waals surface area (Å²) in [5, 5.41) is 22.2. The summed E-state index contributed by atoms with van der Waals surface area (Å²) >= 11 is 0. The first kappa shape index (κ1) is 14.2. The Hall–Kier alpha value is -2.23. The number of nitrogens with one attached hydrogen (secondary N) is 1. The van der Waals surface area contributed by atoms with Crippen LogP contribution in [0.25, 0.3) is 0 Å². The first-order valence-corrected chi connectivity index (χ1v) is 6.18. The monoisotopic (exact) mass is 284 g/mol. The normalized spacial score (nSPS) is 16.1. The molecule has 0 atom stereocenters. The molecule has 0 saturated carbocycles. The predicted octanol–water partition coefficient (Wildman–Crippen LogP) is -0.692. The fraction of sp³-hybridized carbons (Fsp3) is 0.700. The molecule has 0 radical (unpaired) electrons. The van der Waals surface area contributed by atoms with Crippen LogP contribution in [-0.2, 0) is 16.6 Å². The second-order valence-corrected chi connectivity index (χ2v) is 4.42. The van der Waals surface area contributed by atoms with Crippen molar-refractivity contribution in [2.24, 2.45) is 7.05 Å². The van der Waals surface area contributed by atoms with E-state index in [9.17, 15) is 9.59 Å². The van der Waals surface area contributed by atoms with Crippen molar-refractivity contribution >= 4 is 17.9 Å². The standard InChI is InChI=1S/C10H16N6O4/c1-15-13-9(12-14-15)11-10(19)16-4-2-7(3-5-16)20-6-8(17)18/h7H,2-6H2,1H3,(H,17,18)(H,11,13,19). The van der Waals surface area contributed by atoms with Gasteiger partial charge in [-0.3, -0.25) is 5.32 Å². The minimum atomic E-state index is -0.987. The number of hydrogen-bond acceptors (Lipinski definition) is 6. The predicted molar refractivity (Wildman–Crippen MR) is 66.0 cm³/mol. The molecule has 0 spiro atoms. The fourth-order valence-electron chi connectivity index (χ4n) is 1.92. The maximum Gasteiger partial charge on any atom is 0.329 e. The van der Waals surface area contributed by atoms with Crippen LogP contribution in [0, 0.1) is 0 Å². The number of carboxylic acids is 1. The van der Waals surface area contributed by atoms with E-state index < -0.39 is 5.97 Å². The number of carbonyl (C=O) groups excluding carboxylic acids is 1. The number of aliphatic carboxylic acids is 1. The fourth-order valence-corrected chi connectivity index (χ4v) is 1.92. The number of nitrogens with zero attached hydrogens (tertiary/aromatic N) is 5. The first-order chi connectivity index (χ1) is 9.54. The molecule has 1 aromatic rings. The third kappa shape index (κ3) is 3.88. The lowest BCUT2D eigenvalue weighted by atomic mass is 10.1. The van der Waals surface area contributed by atoms with E-state index in [1.165, 1.54) is 4.80 Å². The summed E-state index contributed by atoms with van der Waals surface area (Å²) in [7, 11) is 1.61. The number of tetrazole rings is 1. The minimum absolute atomic E-state index is 0.121. The second-order valence-electron chi connectivity index (χ2n) is 4.42. The van der Waals surface area contributed by atoms with Crippen LogP contribution in [-0.4, -0.2) is 68.0 Å². The Morgan fingerprint density at radius 3 is 2.70 bits per heavy atom. The summed E-state index contributed by atoms with van der Waals surface area (Å²) in [5.74, 6) is -0.833. The maximum atomic E-state index is 11.9. The SMILES string of the molecule is Cn1nnc(NC(=O)N2CCC(OCC(=O)O)CC2)n1. The number of piperidine rings is 1.